The molecule has 1 heterocycles. The fraction of sp³-hybridized carbons (Fsp3) is 0.667. The summed E-state index contributed by atoms with van der Waals surface area (Å²) in [5.74, 6) is 0. The molecule has 0 amide bonds. The van der Waals surface area contributed by atoms with E-state index in [9.17, 15) is 10.1 Å². The number of anilines is 1. The van der Waals surface area contributed by atoms with E-state index in [1.54, 1.807) is 19.2 Å². The molecule has 1 aromatic carbocycles. The van der Waals surface area contributed by atoms with Gasteiger partial charge in [0.2, 0.25) is 0 Å². The van der Waals surface area contributed by atoms with E-state index in [1.165, 1.54) is 0 Å². The summed E-state index contributed by atoms with van der Waals surface area (Å²) in [6.07, 6.45) is 0.472. The normalized spacial score (nSPS) is 22.0. The van der Waals surface area contributed by atoms with Crippen molar-refractivity contribution in [2.75, 3.05) is 32.0 Å². The van der Waals surface area contributed by atoms with Crippen molar-refractivity contribution in [2.45, 2.75) is 52.0 Å². The minimum atomic E-state index is -0.351. The summed E-state index contributed by atoms with van der Waals surface area (Å²) < 4.78 is 5.81. The molecule has 2 N–H and O–H groups in total. The summed E-state index contributed by atoms with van der Waals surface area (Å²) in [4.78, 5) is 13.3. The maximum atomic E-state index is 11.2. The van der Waals surface area contributed by atoms with Crippen LogP contribution in [0.4, 0.5) is 11.4 Å². The minimum absolute atomic E-state index is 0.0108. The Labute approximate surface area is 149 Å². The lowest BCUT2D eigenvalue weighted by Gasteiger charge is -2.45. The fourth-order valence-electron chi connectivity index (χ4n) is 3.35. The van der Waals surface area contributed by atoms with Gasteiger partial charge in [-0.05, 0) is 39.3 Å². The first-order valence-corrected chi connectivity index (χ1v) is 8.79. The van der Waals surface area contributed by atoms with Crippen molar-refractivity contribution in [3.8, 4) is 0 Å². The van der Waals surface area contributed by atoms with E-state index in [2.05, 4.69) is 43.2 Å². The summed E-state index contributed by atoms with van der Waals surface area (Å²) in [5.41, 5.74) is 1.54. The Balaban J connectivity index is 1.95. The Morgan fingerprint density at radius 1 is 1.32 bits per heavy atom. The average Bonchev–Trinajstić information content (AvgIpc) is 2.53. The fourth-order valence-corrected chi connectivity index (χ4v) is 3.35. The van der Waals surface area contributed by atoms with Crippen LogP contribution in [0.2, 0.25) is 0 Å². The smallest absolute Gasteiger partial charge is 0.292 e. The van der Waals surface area contributed by atoms with Crippen molar-refractivity contribution in [3.63, 3.8) is 0 Å². The molecule has 2 rings (SSSR count). The first-order chi connectivity index (χ1) is 11.7. The van der Waals surface area contributed by atoms with E-state index in [-0.39, 0.29) is 28.4 Å². The van der Waals surface area contributed by atoms with Gasteiger partial charge in [-0.2, -0.15) is 0 Å². The lowest BCUT2D eigenvalue weighted by atomic mass is 10.00. The van der Waals surface area contributed by atoms with Crippen molar-refractivity contribution >= 4 is 11.4 Å². The van der Waals surface area contributed by atoms with Gasteiger partial charge in [0.15, 0.2) is 0 Å². The number of morpholine rings is 1. The van der Waals surface area contributed by atoms with Crippen LogP contribution in [0.5, 0.6) is 0 Å². The molecule has 0 spiro atoms. The van der Waals surface area contributed by atoms with Gasteiger partial charge in [-0.25, -0.2) is 0 Å². The van der Waals surface area contributed by atoms with Crippen LogP contribution in [0, 0.1) is 10.1 Å². The number of nitrogens with one attached hydrogen (secondary N) is 2. The molecular formula is C18H30N4O3. The van der Waals surface area contributed by atoms with Crippen LogP contribution in [0.3, 0.4) is 0 Å². The molecule has 2 atom stereocenters. The highest BCUT2D eigenvalue weighted by Crippen LogP contribution is 2.25. The van der Waals surface area contributed by atoms with Gasteiger partial charge in [-0.15, -0.1) is 0 Å². The molecule has 1 aromatic rings. The predicted octanol–water partition coefficient (Wildman–Crippen LogP) is 2.61. The molecule has 7 nitrogen and oxygen atoms in total. The molecular weight excluding hydrogens is 320 g/mol. The van der Waals surface area contributed by atoms with Gasteiger partial charge in [0.05, 0.1) is 17.1 Å². The molecule has 1 aliphatic heterocycles. The summed E-state index contributed by atoms with van der Waals surface area (Å²) in [6, 6.07) is 5.30. The van der Waals surface area contributed by atoms with E-state index in [0.29, 0.717) is 12.2 Å². The van der Waals surface area contributed by atoms with Crippen molar-refractivity contribution in [3.05, 3.63) is 33.9 Å². The van der Waals surface area contributed by atoms with Crippen LogP contribution in [-0.4, -0.2) is 54.3 Å². The summed E-state index contributed by atoms with van der Waals surface area (Å²) >= 11 is 0. The molecule has 0 bridgehead atoms. The van der Waals surface area contributed by atoms with E-state index in [0.717, 1.165) is 25.2 Å². The molecule has 0 saturated carbocycles. The second-order valence-corrected chi connectivity index (χ2v) is 7.44. The molecule has 25 heavy (non-hydrogen) atoms. The molecule has 0 unspecified atom stereocenters. The zero-order chi connectivity index (χ0) is 18.6. The molecule has 0 aromatic heterocycles. The van der Waals surface area contributed by atoms with Gasteiger partial charge < -0.3 is 15.4 Å². The highest BCUT2D eigenvalue weighted by molar-refractivity contribution is 5.62. The van der Waals surface area contributed by atoms with Gasteiger partial charge in [0, 0.05) is 44.8 Å². The van der Waals surface area contributed by atoms with Crippen molar-refractivity contribution in [2.24, 2.45) is 0 Å². The number of hydrogen-bond donors (Lipinski definition) is 2. The topological polar surface area (TPSA) is 79.7 Å². The number of rotatable bonds is 7. The van der Waals surface area contributed by atoms with Crippen LogP contribution in [0.25, 0.3) is 0 Å². The number of hydrogen-bond acceptors (Lipinski definition) is 6. The molecule has 0 radical (unpaired) electrons. The van der Waals surface area contributed by atoms with E-state index in [4.69, 9.17) is 4.74 Å². The maximum Gasteiger partial charge on any atom is 0.292 e. The Hall–Kier alpha value is -1.70. The van der Waals surface area contributed by atoms with E-state index < -0.39 is 0 Å². The lowest BCUT2D eigenvalue weighted by molar-refractivity contribution is -0.384. The van der Waals surface area contributed by atoms with Gasteiger partial charge in [0.1, 0.15) is 5.69 Å². The van der Waals surface area contributed by atoms with Gasteiger partial charge in [0.25, 0.3) is 5.69 Å². The van der Waals surface area contributed by atoms with E-state index >= 15 is 0 Å². The third-order valence-corrected chi connectivity index (χ3v) is 4.69. The Morgan fingerprint density at radius 2 is 1.96 bits per heavy atom. The molecule has 7 heteroatoms. The molecule has 1 saturated heterocycles. The number of nitro groups is 1. The number of nitro benzene ring substituents is 1. The lowest BCUT2D eigenvalue weighted by Crippen LogP contribution is -2.58. The van der Waals surface area contributed by atoms with Crippen LogP contribution >= 0.6 is 0 Å². The summed E-state index contributed by atoms with van der Waals surface area (Å²) in [6.45, 7) is 11.9. The van der Waals surface area contributed by atoms with Gasteiger partial charge in [-0.1, -0.05) is 6.07 Å². The Morgan fingerprint density at radius 3 is 2.52 bits per heavy atom. The number of benzene rings is 1. The Kier molecular flexibility index (Phi) is 6.37. The van der Waals surface area contributed by atoms with E-state index in [1.807, 2.05) is 6.07 Å². The molecule has 0 aliphatic carbocycles. The maximum absolute atomic E-state index is 11.2. The SMILES string of the molecule is CNc1ccc(CNCC(C)(C)N2C[C@H](C)O[C@@H](C)C2)cc1[N+](=O)[O-]. The largest absolute Gasteiger partial charge is 0.383 e. The Bertz CT molecular complexity index is 596. The van der Waals surface area contributed by atoms with Crippen molar-refractivity contribution < 1.29 is 9.66 Å². The van der Waals surface area contributed by atoms with Crippen LogP contribution < -0.4 is 10.6 Å². The number of ether oxygens (including phenoxy) is 1. The second-order valence-electron chi connectivity index (χ2n) is 7.44. The highest BCUT2D eigenvalue weighted by atomic mass is 16.6. The summed E-state index contributed by atoms with van der Waals surface area (Å²) in [7, 11) is 1.69. The third kappa shape index (κ3) is 5.14. The van der Waals surface area contributed by atoms with Crippen LogP contribution in [0.1, 0.15) is 33.3 Å². The molecule has 1 fully saturated rings. The average molecular weight is 350 g/mol. The van der Waals surface area contributed by atoms with Crippen LogP contribution in [0.15, 0.2) is 18.2 Å². The standard InChI is InChI=1S/C18H30N4O3/c1-13-10-21(11-14(2)25-13)18(3,4)12-20-9-15-6-7-16(19-5)17(8-15)22(23)24/h6-8,13-14,19-20H,9-12H2,1-5H3/t13-,14-/m0/s1. The monoisotopic (exact) mass is 350 g/mol. The minimum Gasteiger partial charge on any atom is -0.383 e. The highest BCUT2D eigenvalue weighted by Gasteiger charge is 2.32. The first kappa shape index (κ1) is 19.6. The number of nitrogens with zero attached hydrogens (tertiary/aromatic N) is 2. The zero-order valence-corrected chi connectivity index (χ0v) is 15.8. The van der Waals surface area contributed by atoms with Gasteiger partial charge >= 0.3 is 0 Å². The zero-order valence-electron chi connectivity index (χ0n) is 15.8. The quantitative estimate of drug-likeness (QED) is 0.581. The summed E-state index contributed by atoms with van der Waals surface area (Å²) in [5, 5.41) is 17.5. The van der Waals surface area contributed by atoms with Crippen LogP contribution in [-0.2, 0) is 11.3 Å². The second kappa shape index (κ2) is 8.12. The predicted molar refractivity (Wildman–Crippen MR) is 100 cm³/mol. The molecule has 1 aliphatic rings. The third-order valence-electron chi connectivity index (χ3n) is 4.69. The first-order valence-electron chi connectivity index (χ1n) is 8.79. The molecule has 140 valence electrons. The van der Waals surface area contributed by atoms with Crippen molar-refractivity contribution in [1.29, 1.82) is 0 Å². The van der Waals surface area contributed by atoms with Gasteiger partial charge in [-0.3, -0.25) is 15.0 Å². The van der Waals surface area contributed by atoms with Crippen molar-refractivity contribution in [1.82, 2.24) is 10.2 Å².